The maximum absolute atomic E-state index is 12.9. The molecule has 1 aromatic heterocycles. The molecule has 4 heteroatoms. The number of carbonyl (C=O) groups is 1. The number of hydrogen-bond donors (Lipinski definition) is 0. The zero-order valence-corrected chi connectivity index (χ0v) is 15.2. The fourth-order valence-electron chi connectivity index (χ4n) is 3.43. The first kappa shape index (κ1) is 17.6. The second-order valence-corrected chi connectivity index (χ2v) is 6.96. The van der Waals surface area contributed by atoms with Crippen molar-refractivity contribution in [3.05, 3.63) is 65.5 Å². The normalized spacial score (nSPS) is 21.8. The average molecular weight is 338 g/mol. The van der Waals surface area contributed by atoms with Crippen molar-refractivity contribution in [1.82, 2.24) is 9.88 Å². The monoisotopic (exact) mass is 338 g/mol. The maximum Gasteiger partial charge on any atom is 0.223 e. The first-order chi connectivity index (χ1) is 12.1. The zero-order valence-electron chi connectivity index (χ0n) is 15.2. The molecular formula is C21H26N2O2. The van der Waals surface area contributed by atoms with Crippen molar-refractivity contribution in [2.45, 2.75) is 45.3 Å². The predicted octanol–water partition coefficient (Wildman–Crippen LogP) is 3.87. The van der Waals surface area contributed by atoms with Gasteiger partial charge in [-0.1, -0.05) is 31.2 Å². The van der Waals surface area contributed by atoms with E-state index < -0.39 is 0 Å². The Bertz CT molecular complexity index is 717. The molecule has 0 saturated carbocycles. The van der Waals surface area contributed by atoms with Crippen molar-refractivity contribution < 1.29 is 9.53 Å². The third-order valence-electron chi connectivity index (χ3n) is 5.04. The third-order valence-corrected chi connectivity index (χ3v) is 5.04. The Morgan fingerprint density at radius 3 is 2.72 bits per heavy atom. The minimum atomic E-state index is -0.0439. The van der Waals surface area contributed by atoms with Gasteiger partial charge in [-0.2, -0.15) is 0 Å². The van der Waals surface area contributed by atoms with Crippen LogP contribution in [0.25, 0.3) is 0 Å². The van der Waals surface area contributed by atoms with E-state index in [9.17, 15) is 4.79 Å². The number of nitrogens with zero attached hydrogens (tertiary/aromatic N) is 2. The van der Waals surface area contributed by atoms with Crippen molar-refractivity contribution >= 4 is 5.91 Å². The fourth-order valence-corrected chi connectivity index (χ4v) is 3.43. The van der Waals surface area contributed by atoms with E-state index in [4.69, 9.17) is 4.74 Å². The molecule has 132 valence electrons. The molecule has 1 fully saturated rings. The van der Waals surface area contributed by atoms with Gasteiger partial charge in [0.2, 0.25) is 5.91 Å². The van der Waals surface area contributed by atoms with Gasteiger partial charge in [0.15, 0.2) is 0 Å². The summed E-state index contributed by atoms with van der Waals surface area (Å²) < 4.78 is 6.02. The molecule has 0 unspecified atom stereocenters. The zero-order chi connectivity index (χ0) is 17.8. The van der Waals surface area contributed by atoms with Gasteiger partial charge in [0, 0.05) is 18.8 Å². The summed E-state index contributed by atoms with van der Waals surface area (Å²) in [6.07, 6.45) is 4.02. The van der Waals surface area contributed by atoms with Crippen LogP contribution in [0.3, 0.4) is 0 Å². The van der Waals surface area contributed by atoms with Crippen LogP contribution in [-0.2, 0) is 9.53 Å². The van der Waals surface area contributed by atoms with Gasteiger partial charge in [0.05, 0.1) is 19.2 Å². The lowest BCUT2D eigenvalue weighted by molar-refractivity contribution is -0.144. The van der Waals surface area contributed by atoms with Crippen LogP contribution >= 0.6 is 0 Å². The van der Waals surface area contributed by atoms with E-state index in [1.807, 2.05) is 29.2 Å². The molecule has 0 bridgehead atoms. The van der Waals surface area contributed by atoms with Crippen LogP contribution in [0.1, 0.15) is 49.0 Å². The maximum atomic E-state index is 12.9. The highest BCUT2D eigenvalue weighted by Gasteiger charge is 2.31. The average Bonchev–Trinajstić information content (AvgIpc) is 2.63. The first-order valence-corrected chi connectivity index (χ1v) is 8.92. The predicted molar refractivity (Wildman–Crippen MR) is 98.3 cm³/mol. The molecule has 0 aliphatic carbocycles. The van der Waals surface area contributed by atoms with Crippen LogP contribution in [0.2, 0.25) is 0 Å². The first-order valence-electron chi connectivity index (χ1n) is 8.92. The number of carbonyl (C=O) groups excluding carboxylic acids is 1. The quantitative estimate of drug-likeness (QED) is 0.850. The molecule has 0 spiro atoms. The van der Waals surface area contributed by atoms with Crippen molar-refractivity contribution in [2.75, 3.05) is 13.2 Å². The SMILES string of the molecule is Cc1ccccc1[C@@H]1CN(C(=O)C[C@@H](C)c2ccncc2)[C@H](C)CO1. The van der Waals surface area contributed by atoms with E-state index in [1.165, 1.54) is 11.1 Å². The summed E-state index contributed by atoms with van der Waals surface area (Å²) in [5.74, 6) is 0.376. The molecule has 1 aromatic carbocycles. The highest BCUT2D eigenvalue weighted by atomic mass is 16.5. The summed E-state index contributed by atoms with van der Waals surface area (Å²) in [6, 6.07) is 12.3. The molecular weight excluding hydrogens is 312 g/mol. The number of morpholine rings is 1. The number of aryl methyl sites for hydroxylation is 1. The topological polar surface area (TPSA) is 42.4 Å². The number of rotatable bonds is 4. The molecule has 1 aliphatic heterocycles. The molecule has 25 heavy (non-hydrogen) atoms. The van der Waals surface area contributed by atoms with Gasteiger partial charge in [-0.05, 0) is 48.6 Å². The Morgan fingerprint density at radius 2 is 2.00 bits per heavy atom. The molecule has 1 amide bonds. The standard InChI is InChI=1S/C21H26N2O2/c1-15-6-4-5-7-19(15)20-13-23(17(3)14-25-20)21(24)12-16(2)18-8-10-22-11-9-18/h4-11,16-17,20H,12-14H2,1-3H3/t16-,17-,20+/m1/s1. The third kappa shape index (κ3) is 4.07. The van der Waals surface area contributed by atoms with E-state index in [0.29, 0.717) is 19.6 Å². The van der Waals surface area contributed by atoms with Crippen molar-refractivity contribution in [3.63, 3.8) is 0 Å². The molecule has 2 aromatic rings. The molecule has 4 nitrogen and oxygen atoms in total. The van der Waals surface area contributed by atoms with Gasteiger partial charge in [0.1, 0.15) is 6.10 Å². The highest BCUT2D eigenvalue weighted by Crippen LogP contribution is 2.29. The van der Waals surface area contributed by atoms with E-state index in [2.05, 4.69) is 37.9 Å². The molecule has 0 N–H and O–H groups in total. The Morgan fingerprint density at radius 1 is 1.28 bits per heavy atom. The van der Waals surface area contributed by atoms with Crippen molar-refractivity contribution in [2.24, 2.45) is 0 Å². The molecule has 3 rings (SSSR count). The van der Waals surface area contributed by atoms with Crippen LogP contribution in [0.4, 0.5) is 0 Å². The molecule has 0 radical (unpaired) electrons. The van der Waals surface area contributed by atoms with Gasteiger partial charge < -0.3 is 9.64 Å². The van der Waals surface area contributed by atoms with Crippen LogP contribution < -0.4 is 0 Å². The Labute approximate surface area is 149 Å². The fraction of sp³-hybridized carbons (Fsp3) is 0.429. The van der Waals surface area contributed by atoms with Gasteiger partial charge in [0.25, 0.3) is 0 Å². The minimum Gasteiger partial charge on any atom is -0.370 e. The smallest absolute Gasteiger partial charge is 0.223 e. The van der Waals surface area contributed by atoms with E-state index in [0.717, 1.165) is 5.56 Å². The van der Waals surface area contributed by atoms with Gasteiger partial charge in [-0.15, -0.1) is 0 Å². The molecule has 1 aliphatic rings. The largest absolute Gasteiger partial charge is 0.370 e. The second kappa shape index (κ2) is 7.79. The van der Waals surface area contributed by atoms with Crippen molar-refractivity contribution in [3.8, 4) is 0 Å². The minimum absolute atomic E-state index is 0.0439. The molecule has 3 atom stereocenters. The number of aromatic nitrogens is 1. The Balaban J connectivity index is 1.69. The summed E-state index contributed by atoms with van der Waals surface area (Å²) in [4.78, 5) is 18.9. The molecule has 1 saturated heterocycles. The van der Waals surface area contributed by atoms with Crippen LogP contribution in [0, 0.1) is 6.92 Å². The highest BCUT2D eigenvalue weighted by molar-refractivity contribution is 5.77. The Hall–Kier alpha value is -2.20. The molecule has 2 heterocycles. The van der Waals surface area contributed by atoms with Gasteiger partial charge >= 0.3 is 0 Å². The summed E-state index contributed by atoms with van der Waals surface area (Å²) in [5.41, 5.74) is 3.54. The lowest BCUT2D eigenvalue weighted by Gasteiger charge is -2.39. The number of benzene rings is 1. The summed E-state index contributed by atoms with van der Waals surface area (Å²) >= 11 is 0. The van der Waals surface area contributed by atoms with Crippen LogP contribution in [0.15, 0.2) is 48.8 Å². The number of amides is 1. The van der Waals surface area contributed by atoms with Gasteiger partial charge in [-0.25, -0.2) is 0 Å². The van der Waals surface area contributed by atoms with Gasteiger partial charge in [-0.3, -0.25) is 9.78 Å². The van der Waals surface area contributed by atoms with Crippen molar-refractivity contribution in [1.29, 1.82) is 0 Å². The number of hydrogen-bond acceptors (Lipinski definition) is 3. The summed E-state index contributed by atoms with van der Waals surface area (Å²) in [6.45, 7) is 7.44. The second-order valence-electron chi connectivity index (χ2n) is 6.96. The lowest BCUT2D eigenvalue weighted by Crippen LogP contribution is -2.48. The summed E-state index contributed by atoms with van der Waals surface area (Å²) in [5, 5.41) is 0. The lowest BCUT2D eigenvalue weighted by atomic mass is 9.96. The summed E-state index contributed by atoms with van der Waals surface area (Å²) in [7, 11) is 0. The van der Waals surface area contributed by atoms with Crippen LogP contribution in [0.5, 0.6) is 0 Å². The number of pyridine rings is 1. The van der Waals surface area contributed by atoms with Crippen LogP contribution in [-0.4, -0.2) is 35.0 Å². The van der Waals surface area contributed by atoms with E-state index >= 15 is 0 Å². The number of ether oxygens (including phenoxy) is 1. The Kier molecular flexibility index (Phi) is 5.49. The van der Waals surface area contributed by atoms with E-state index in [1.54, 1.807) is 12.4 Å². The van der Waals surface area contributed by atoms with E-state index in [-0.39, 0.29) is 24.0 Å².